The summed E-state index contributed by atoms with van der Waals surface area (Å²) in [5, 5.41) is 4.78. The van der Waals surface area contributed by atoms with Crippen molar-refractivity contribution in [3.63, 3.8) is 0 Å². The van der Waals surface area contributed by atoms with Crippen LogP contribution in [0.4, 0.5) is 0 Å². The zero-order valence-corrected chi connectivity index (χ0v) is 13.3. The molecule has 20 heavy (non-hydrogen) atoms. The Labute approximate surface area is 127 Å². The second-order valence-corrected chi connectivity index (χ2v) is 5.44. The third kappa shape index (κ3) is 2.96. The first-order valence-corrected chi connectivity index (χ1v) is 7.51. The molecule has 1 N–H and O–H groups in total. The van der Waals surface area contributed by atoms with Gasteiger partial charge in [0, 0.05) is 27.4 Å². The standard InChI is InChI=1S/C16H18BrNO2/c1-3-4-10-18-16(19)12-7-5-6-11-14(20-2)9-8-13(17)15(11)12/h5-9H,3-4,10H2,1-2H3,(H,18,19). The molecule has 1 amide bonds. The Kier molecular flexibility index (Phi) is 5.01. The largest absolute Gasteiger partial charge is 0.496 e. The van der Waals surface area contributed by atoms with Crippen LogP contribution in [-0.2, 0) is 0 Å². The Morgan fingerprint density at radius 3 is 2.80 bits per heavy atom. The zero-order chi connectivity index (χ0) is 14.5. The smallest absolute Gasteiger partial charge is 0.251 e. The molecule has 0 fully saturated rings. The number of unbranched alkanes of at least 4 members (excludes halogenated alkanes) is 1. The first kappa shape index (κ1) is 14.9. The summed E-state index contributed by atoms with van der Waals surface area (Å²) in [6.45, 7) is 2.80. The number of carbonyl (C=O) groups excluding carboxylic acids is 1. The molecule has 2 aromatic rings. The van der Waals surface area contributed by atoms with Crippen molar-refractivity contribution in [2.45, 2.75) is 19.8 Å². The van der Waals surface area contributed by atoms with E-state index in [4.69, 9.17) is 4.74 Å². The highest BCUT2D eigenvalue weighted by Crippen LogP contribution is 2.33. The summed E-state index contributed by atoms with van der Waals surface area (Å²) >= 11 is 3.53. The number of nitrogens with one attached hydrogen (secondary N) is 1. The predicted octanol–water partition coefficient (Wildman–Crippen LogP) is 4.14. The molecule has 2 aromatic carbocycles. The van der Waals surface area contributed by atoms with E-state index in [0.29, 0.717) is 12.1 Å². The molecule has 0 aliphatic carbocycles. The van der Waals surface area contributed by atoms with Crippen LogP contribution in [0.1, 0.15) is 30.1 Å². The van der Waals surface area contributed by atoms with Crippen LogP contribution in [0.3, 0.4) is 0 Å². The molecule has 106 valence electrons. The van der Waals surface area contributed by atoms with E-state index in [1.807, 2.05) is 30.3 Å². The van der Waals surface area contributed by atoms with Gasteiger partial charge in [-0.2, -0.15) is 0 Å². The van der Waals surface area contributed by atoms with E-state index in [1.165, 1.54) is 0 Å². The molecule has 3 nitrogen and oxygen atoms in total. The van der Waals surface area contributed by atoms with Gasteiger partial charge in [0.15, 0.2) is 0 Å². The second kappa shape index (κ2) is 6.75. The van der Waals surface area contributed by atoms with Crippen molar-refractivity contribution in [2.24, 2.45) is 0 Å². The molecule has 0 unspecified atom stereocenters. The van der Waals surface area contributed by atoms with Gasteiger partial charge in [-0.15, -0.1) is 0 Å². The Bertz CT molecular complexity index is 625. The summed E-state index contributed by atoms with van der Waals surface area (Å²) in [7, 11) is 1.64. The van der Waals surface area contributed by atoms with Gasteiger partial charge in [-0.25, -0.2) is 0 Å². The van der Waals surface area contributed by atoms with Crippen molar-refractivity contribution < 1.29 is 9.53 Å². The van der Waals surface area contributed by atoms with E-state index in [-0.39, 0.29) is 5.91 Å². The van der Waals surface area contributed by atoms with E-state index < -0.39 is 0 Å². The number of fused-ring (bicyclic) bond motifs is 1. The average Bonchev–Trinajstić information content (AvgIpc) is 2.47. The van der Waals surface area contributed by atoms with E-state index >= 15 is 0 Å². The molecule has 0 heterocycles. The first-order chi connectivity index (χ1) is 9.69. The summed E-state index contributed by atoms with van der Waals surface area (Å²) < 4.78 is 6.26. The van der Waals surface area contributed by atoms with Crippen LogP contribution >= 0.6 is 15.9 Å². The molecule has 0 aromatic heterocycles. The van der Waals surface area contributed by atoms with Gasteiger partial charge < -0.3 is 10.1 Å². The van der Waals surface area contributed by atoms with E-state index in [2.05, 4.69) is 28.2 Å². The zero-order valence-electron chi connectivity index (χ0n) is 11.7. The quantitative estimate of drug-likeness (QED) is 0.834. The van der Waals surface area contributed by atoms with Crippen LogP contribution in [0, 0.1) is 0 Å². The lowest BCUT2D eigenvalue weighted by molar-refractivity contribution is 0.0955. The number of hydrogen-bond acceptors (Lipinski definition) is 2. The number of hydrogen-bond donors (Lipinski definition) is 1. The molecule has 0 bridgehead atoms. The number of benzene rings is 2. The molecule has 0 saturated carbocycles. The molecular formula is C16H18BrNO2. The van der Waals surface area contributed by atoms with Gasteiger partial charge in [-0.1, -0.05) is 41.4 Å². The van der Waals surface area contributed by atoms with Gasteiger partial charge in [-0.05, 0) is 24.6 Å². The third-order valence-corrected chi connectivity index (χ3v) is 3.89. The highest BCUT2D eigenvalue weighted by Gasteiger charge is 2.14. The minimum atomic E-state index is -0.0435. The molecule has 0 atom stereocenters. The highest BCUT2D eigenvalue weighted by molar-refractivity contribution is 9.10. The Morgan fingerprint density at radius 2 is 2.10 bits per heavy atom. The van der Waals surface area contributed by atoms with Crippen molar-refractivity contribution in [1.29, 1.82) is 0 Å². The van der Waals surface area contributed by atoms with Gasteiger partial charge in [-0.3, -0.25) is 4.79 Å². The van der Waals surface area contributed by atoms with Crippen molar-refractivity contribution in [2.75, 3.05) is 13.7 Å². The second-order valence-electron chi connectivity index (χ2n) is 4.59. The molecule has 0 spiro atoms. The van der Waals surface area contributed by atoms with Crippen molar-refractivity contribution in [3.8, 4) is 5.75 Å². The van der Waals surface area contributed by atoms with Crippen molar-refractivity contribution >= 4 is 32.6 Å². The van der Waals surface area contributed by atoms with E-state index in [0.717, 1.165) is 33.8 Å². The van der Waals surface area contributed by atoms with Gasteiger partial charge in [0.1, 0.15) is 5.75 Å². The summed E-state index contributed by atoms with van der Waals surface area (Å²) in [5.74, 6) is 0.726. The molecule has 0 radical (unpaired) electrons. The highest BCUT2D eigenvalue weighted by atomic mass is 79.9. The van der Waals surface area contributed by atoms with Gasteiger partial charge in [0.25, 0.3) is 5.91 Å². The summed E-state index contributed by atoms with van der Waals surface area (Å²) in [5.41, 5.74) is 0.671. The number of methoxy groups -OCH3 is 1. The maximum Gasteiger partial charge on any atom is 0.251 e. The topological polar surface area (TPSA) is 38.3 Å². The molecular weight excluding hydrogens is 318 g/mol. The Morgan fingerprint density at radius 1 is 1.30 bits per heavy atom. The fraction of sp³-hybridized carbons (Fsp3) is 0.312. The summed E-state index contributed by atoms with van der Waals surface area (Å²) in [6.07, 6.45) is 2.05. The normalized spacial score (nSPS) is 10.6. The first-order valence-electron chi connectivity index (χ1n) is 6.72. The van der Waals surface area contributed by atoms with Crippen molar-refractivity contribution in [1.82, 2.24) is 5.32 Å². The average molecular weight is 336 g/mol. The predicted molar refractivity (Wildman–Crippen MR) is 85.4 cm³/mol. The van der Waals surface area contributed by atoms with Gasteiger partial charge >= 0.3 is 0 Å². The minimum absolute atomic E-state index is 0.0435. The van der Waals surface area contributed by atoms with Gasteiger partial charge in [0.2, 0.25) is 0 Å². The minimum Gasteiger partial charge on any atom is -0.496 e. The fourth-order valence-corrected chi connectivity index (χ4v) is 2.74. The summed E-state index contributed by atoms with van der Waals surface area (Å²) in [4.78, 5) is 12.3. The van der Waals surface area contributed by atoms with Crippen LogP contribution in [0.25, 0.3) is 10.8 Å². The molecule has 0 aliphatic heterocycles. The maximum absolute atomic E-state index is 12.3. The number of rotatable bonds is 5. The monoisotopic (exact) mass is 335 g/mol. The summed E-state index contributed by atoms with van der Waals surface area (Å²) in [6, 6.07) is 9.48. The number of ether oxygens (including phenoxy) is 1. The van der Waals surface area contributed by atoms with Crippen LogP contribution in [0.2, 0.25) is 0 Å². The van der Waals surface area contributed by atoms with Gasteiger partial charge in [0.05, 0.1) is 7.11 Å². The Balaban J connectivity index is 2.46. The Hall–Kier alpha value is -1.55. The lowest BCUT2D eigenvalue weighted by atomic mass is 10.0. The van der Waals surface area contributed by atoms with Crippen molar-refractivity contribution in [3.05, 3.63) is 40.4 Å². The number of amides is 1. The van der Waals surface area contributed by atoms with Crippen LogP contribution in [0.15, 0.2) is 34.8 Å². The molecule has 0 saturated heterocycles. The SMILES string of the molecule is CCCCNC(=O)c1cccc2c(OC)ccc(Br)c12. The number of halogens is 1. The lowest BCUT2D eigenvalue weighted by Gasteiger charge is -2.11. The molecule has 0 aliphatic rings. The van der Waals surface area contributed by atoms with Crippen LogP contribution in [0.5, 0.6) is 5.75 Å². The lowest BCUT2D eigenvalue weighted by Crippen LogP contribution is -2.24. The number of carbonyl (C=O) groups is 1. The maximum atomic E-state index is 12.3. The molecule has 2 rings (SSSR count). The van der Waals surface area contributed by atoms with E-state index in [9.17, 15) is 4.79 Å². The van der Waals surface area contributed by atoms with Crippen LogP contribution in [-0.4, -0.2) is 19.6 Å². The fourth-order valence-electron chi connectivity index (χ4n) is 2.18. The van der Waals surface area contributed by atoms with E-state index in [1.54, 1.807) is 7.11 Å². The third-order valence-electron chi connectivity index (χ3n) is 3.23. The molecule has 4 heteroatoms. The van der Waals surface area contributed by atoms with Crippen LogP contribution < -0.4 is 10.1 Å².